The summed E-state index contributed by atoms with van der Waals surface area (Å²) >= 11 is 0. The van der Waals surface area contributed by atoms with Crippen molar-refractivity contribution >= 4 is 16.8 Å². The van der Waals surface area contributed by atoms with Crippen LogP contribution < -0.4 is 0 Å². The van der Waals surface area contributed by atoms with Gasteiger partial charge in [-0.1, -0.05) is 72.8 Å². The van der Waals surface area contributed by atoms with Gasteiger partial charge in [-0.05, 0) is 17.2 Å². The average molecular weight is 309 g/mol. The zero-order valence-corrected chi connectivity index (χ0v) is 13.1. The van der Waals surface area contributed by atoms with E-state index in [9.17, 15) is 4.79 Å². The normalized spacial score (nSPS) is 12.9. The third kappa shape index (κ3) is 1.74. The number of hydrogen-bond acceptors (Lipinski definition) is 1. The first-order valence-electron chi connectivity index (χ1n) is 8.15. The van der Waals surface area contributed by atoms with Gasteiger partial charge >= 0.3 is 0 Å². The van der Waals surface area contributed by atoms with E-state index in [1.165, 1.54) is 0 Å². The van der Waals surface area contributed by atoms with Crippen molar-refractivity contribution in [3.05, 3.63) is 84.4 Å². The fourth-order valence-electron chi connectivity index (χ4n) is 3.80. The largest absolute Gasteiger partial charge is 0.279 e. The van der Waals surface area contributed by atoms with Crippen LogP contribution in [0, 0.1) is 0 Å². The molecule has 0 bridgehead atoms. The van der Waals surface area contributed by atoms with E-state index in [0.717, 1.165) is 38.9 Å². The van der Waals surface area contributed by atoms with Crippen molar-refractivity contribution in [1.29, 1.82) is 0 Å². The van der Waals surface area contributed by atoms with Crippen molar-refractivity contribution in [2.24, 2.45) is 0 Å². The minimum absolute atomic E-state index is 0.141. The molecule has 3 aromatic carbocycles. The molecule has 0 fully saturated rings. The number of benzene rings is 3. The van der Waals surface area contributed by atoms with Crippen LogP contribution in [0.1, 0.15) is 10.4 Å². The lowest BCUT2D eigenvalue weighted by atomic mass is 9.93. The van der Waals surface area contributed by atoms with E-state index in [1.807, 2.05) is 53.1 Å². The first-order valence-corrected chi connectivity index (χ1v) is 8.15. The Morgan fingerprint density at radius 1 is 0.750 bits per heavy atom. The van der Waals surface area contributed by atoms with Crippen LogP contribution in [0.15, 0.2) is 78.9 Å². The number of para-hydroxylation sites is 1. The van der Waals surface area contributed by atoms with Gasteiger partial charge in [0.15, 0.2) is 0 Å². The van der Waals surface area contributed by atoms with Gasteiger partial charge in [-0.25, -0.2) is 0 Å². The highest BCUT2D eigenvalue weighted by atomic mass is 16.2. The molecule has 0 aliphatic carbocycles. The maximum atomic E-state index is 12.9. The minimum atomic E-state index is 0.141. The average Bonchev–Trinajstić information content (AvgIpc) is 2.98. The smallest absolute Gasteiger partial charge is 0.236 e. The second-order valence-corrected chi connectivity index (χ2v) is 6.17. The molecule has 24 heavy (non-hydrogen) atoms. The van der Waals surface area contributed by atoms with E-state index in [4.69, 9.17) is 0 Å². The van der Waals surface area contributed by atoms with Crippen LogP contribution in [0.4, 0.5) is 0 Å². The van der Waals surface area contributed by atoms with Gasteiger partial charge in [0.1, 0.15) is 0 Å². The predicted octanol–water partition coefficient (Wildman–Crippen LogP) is 5.17. The summed E-state index contributed by atoms with van der Waals surface area (Å²) in [6.07, 6.45) is 0.454. The van der Waals surface area contributed by atoms with Gasteiger partial charge in [0.25, 0.3) is 0 Å². The lowest BCUT2D eigenvalue weighted by Crippen LogP contribution is -2.20. The zero-order chi connectivity index (χ0) is 16.1. The summed E-state index contributed by atoms with van der Waals surface area (Å²) in [5, 5.41) is 1.13. The monoisotopic (exact) mass is 309 g/mol. The molecule has 0 amide bonds. The van der Waals surface area contributed by atoms with E-state index in [2.05, 4.69) is 30.3 Å². The molecule has 0 atom stereocenters. The van der Waals surface area contributed by atoms with Gasteiger partial charge in [0.2, 0.25) is 5.91 Å². The second-order valence-electron chi connectivity index (χ2n) is 6.17. The number of hydrogen-bond donors (Lipinski definition) is 0. The quantitative estimate of drug-likeness (QED) is 0.475. The van der Waals surface area contributed by atoms with Crippen LogP contribution in [-0.4, -0.2) is 10.5 Å². The zero-order valence-electron chi connectivity index (χ0n) is 13.1. The molecule has 2 heteroatoms. The minimum Gasteiger partial charge on any atom is -0.279 e. The molecule has 0 saturated heterocycles. The van der Waals surface area contributed by atoms with Crippen molar-refractivity contribution in [1.82, 2.24) is 4.57 Å². The van der Waals surface area contributed by atoms with E-state index in [1.54, 1.807) is 0 Å². The Morgan fingerprint density at radius 3 is 2.33 bits per heavy atom. The van der Waals surface area contributed by atoms with Crippen molar-refractivity contribution in [3.8, 4) is 22.4 Å². The van der Waals surface area contributed by atoms with Crippen molar-refractivity contribution in [2.75, 3.05) is 0 Å². The summed E-state index contributed by atoms with van der Waals surface area (Å²) in [4.78, 5) is 12.9. The molecule has 0 N–H and O–H groups in total. The lowest BCUT2D eigenvalue weighted by Gasteiger charge is -2.20. The molecule has 0 spiro atoms. The van der Waals surface area contributed by atoms with Gasteiger partial charge in [-0.2, -0.15) is 0 Å². The molecule has 1 aromatic heterocycles. The van der Waals surface area contributed by atoms with Crippen LogP contribution in [0.25, 0.3) is 33.3 Å². The number of nitrogens with zero attached hydrogens (tertiary/aromatic N) is 1. The first kappa shape index (κ1) is 13.3. The first-order chi connectivity index (χ1) is 11.8. The standard InChI is InChI=1S/C22H15NO/c24-20-14-16-10-4-5-11-17(16)22-21(15-8-2-1-3-9-15)18-12-6-7-13-19(18)23(20)22/h1-13H,14H2. The van der Waals surface area contributed by atoms with Crippen LogP contribution >= 0.6 is 0 Å². The Labute approximate surface area is 140 Å². The molecular weight excluding hydrogens is 294 g/mol. The number of fused-ring (bicyclic) bond motifs is 5. The summed E-state index contributed by atoms with van der Waals surface area (Å²) < 4.78 is 1.90. The Bertz CT molecular complexity index is 1090. The molecule has 0 saturated carbocycles. The Balaban J connectivity index is 1.99. The maximum absolute atomic E-state index is 12.9. The van der Waals surface area contributed by atoms with Gasteiger partial charge < -0.3 is 0 Å². The summed E-state index contributed by atoms with van der Waals surface area (Å²) in [5.74, 6) is 0.141. The Hall–Kier alpha value is -3.13. The fourth-order valence-corrected chi connectivity index (χ4v) is 3.80. The Morgan fingerprint density at radius 2 is 1.46 bits per heavy atom. The highest BCUT2D eigenvalue weighted by Gasteiger charge is 2.28. The van der Waals surface area contributed by atoms with Crippen LogP contribution in [0.5, 0.6) is 0 Å². The molecule has 5 rings (SSSR count). The van der Waals surface area contributed by atoms with Gasteiger partial charge in [0, 0.05) is 16.5 Å². The SMILES string of the molecule is O=C1Cc2ccccc2-c2c(-c3ccccc3)c3ccccc3n21. The lowest BCUT2D eigenvalue weighted by molar-refractivity contribution is 0.0918. The van der Waals surface area contributed by atoms with Gasteiger partial charge in [-0.3, -0.25) is 9.36 Å². The maximum Gasteiger partial charge on any atom is 0.236 e. The topological polar surface area (TPSA) is 22.0 Å². The number of carbonyl (C=O) groups excluding carboxylic acids is 1. The summed E-state index contributed by atoms with van der Waals surface area (Å²) in [6, 6.07) is 26.8. The Kier molecular flexibility index (Phi) is 2.74. The van der Waals surface area contributed by atoms with Crippen molar-refractivity contribution in [2.45, 2.75) is 6.42 Å². The molecule has 0 unspecified atom stereocenters. The molecule has 2 nitrogen and oxygen atoms in total. The number of rotatable bonds is 1. The summed E-state index contributed by atoms with van der Waals surface area (Å²) in [5.41, 5.74) is 6.57. The third-order valence-electron chi connectivity index (χ3n) is 4.80. The fraction of sp³-hybridized carbons (Fsp3) is 0.0455. The molecular formula is C22H15NO. The number of aromatic nitrogens is 1. The van der Waals surface area contributed by atoms with E-state index in [-0.39, 0.29) is 5.91 Å². The van der Waals surface area contributed by atoms with Gasteiger partial charge in [-0.15, -0.1) is 0 Å². The highest BCUT2D eigenvalue weighted by molar-refractivity contribution is 6.12. The van der Waals surface area contributed by atoms with Gasteiger partial charge in [0.05, 0.1) is 17.6 Å². The van der Waals surface area contributed by atoms with E-state index < -0.39 is 0 Å². The molecule has 4 aromatic rings. The predicted molar refractivity (Wildman–Crippen MR) is 97.1 cm³/mol. The van der Waals surface area contributed by atoms with Crippen LogP contribution in [-0.2, 0) is 6.42 Å². The second kappa shape index (κ2) is 4.93. The van der Waals surface area contributed by atoms with Crippen LogP contribution in [0.3, 0.4) is 0 Å². The summed E-state index contributed by atoms with van der Waals surface area (Å²) in [7, 11) is 0. The molecule has 1 aliphatic heterocycles. The number of carbonyl (C=O) groups is 1. The molecule has 1 aliphatic rings. The van der Waals surface area contributed by atoms with Crippen molar-refractivity contribution < 1.29 is 4.79 Å². The summed E-state index contributed by atoms with van der Waals surface area (Å²) in [6.45, 7) is 0. The molecule has 0 radical (unpaired) electrons. The van der Waals surface area contributed by atoms with E-state index >= 15 is 0 Å². The molecule has 2 heterocycles. The highest BCUT2D eigenvalue weighted by Crippen LogP contribution is 2.43. The van der Waals surface area contributed by atoms with Crippen molar-refractivity contribution in [3.63, 3.8) is 0 Å². The van der Waals surface area contributed by atoms with Crippen LogP contribution in [0.2, 0.25) is 0 Å². The van der Waals surface area contributed by atoms with E-state index in [0.29, 0.717) is 6.42 Å². The molecule has 114 valence electrons. The third-order valence-corrected chi connectivity index (χ3v) is 4.80.